The van der Waals surface area contributed by atoms with Crippen LogP contribution in [0.4, 0.5) is 5.95 Å². The molecule has 0 radical (unpaired) electrons. The van der Waals surface area contributed by atoms with Crippen molar-refractivity contribution in [1.82, 2.24) is 20.2 Å². The Morgan fingerprint density at radius 2 is 1.94 bits per heavy atom. The molecule has 78 valence electrons. The van der Waals surface area contributed by atoms with Crippen molar-refractivity contribution in [3.8, 4) is 0 Å². The predicted molar refractivity (Wildman–Crippen MR) is 62.2 cm³/mol. The molecule has 5 heteroatoms. The molecular formula is C11H9N5. The zero-order valence-electron chi connectivity index (χ0n) is 8.68. The first-order valence-corrected chi connectivity index (χ1v) is 4.94. The van der Waals surface area contributed by atoms with Crippen LogP contribution in [0, 0.1) is 0 Å². The third kappa shape index (κ3) is 1.25. The quantitative estimate of drug-likeness (QED) is 0.619. The maximum atomic E-state index is 4.40. The molecule has 0 fully saturated rings. The molecule has 0 aliphatic carbocycles. The first-order chi connectivity index (χ1) is 7.88. The summed E-state index contributed by atoms with van der Waals surface area (Å²) >= 11 is 0. The van der Waals surface area contributed by atoms with Gasteiger partial charge in [-0.2, -0.15) is 0 Å². The molecule has 3 rings (SSSR count). The molecule has 5 nitrogen and oxygen atoms in total. The number of hydrogen-bond donors (Lipinski definition) is 1. The second-order valence-electron chi connectivity index (χ2n) is 3.39. The fraction of sp³-hybridized carbons (Fsp3) is 0.0909. The summed E-state index contributed by atoms with van der Waals surface area (Å²) in [5.74, 6) is 0.517. The summed E-state index contributed by atoms with van der Waals surface area (Å²) in [6, 6.07) is 7.86. The van der Waals surface area contributed by atoms with E-state index in [-0.39, 0.29) is 0 Å². The second kappa shape index (κ2) is 3.37. The van der Waals surface area contributed by atoms with Gasteiger partial charge in [0.1, 0.15) is 11.0 Å². The molecule has 0 aliphatic rings. The molecule has 16 heavy (non-hydrogen) atoms. The minimum Gasteiger partial charge on any atom is -0.356 e. The minimum absolute atomic E-state index is 0.517. The summed E-state index contributed by atoms with van der Waals surface area (Å²) in [7, 11) is 1.77. The summed E-state index contributed by atoms with van der Waals surface area (Å²) in [4.78, 5) is 8.70. The molecule has 1 N–H and O–H groups in total. The van der Waals surface area contributed by atoms with Gasteiger partial charge in [0.05, 0.1) is 11.7 Å². The SMILES string of the molecule is CNc1nnc2cnc3ccccc3c2n1. The van der Waals surface area contributed by atoms with Gasteiger partial charge in [-0.05, 0) is 6.07 Å². The second-order valence-corrected chi connectivity index (χ2v) is 3.39. The standard InChI is InChI=1S/C11H9N5/c1-12-11-14-10-7-4-2-3-5-8(7)13-6-9(10)15-16-11/h2-6H,1H3,(H,12,14,16). The summed E-state index contributed by atoms with van der Waals surface area (Å²) in [6.07, 6.45) is 1.69. The van der Waals surface area contributed by atoms with Crippen LogP contribution in [0.2, 0.25) is 0 Å². The van der Waals surface area contributed by atoms with Crippen molar-refractivity contribution in [1.29, 1.82) is 0 Å². The van der Waals surface area contributed by atoms with Crippen molar-refractivity contribution in [2.24, 2.45) is 0 Å². The Hall–Kier alpha value is -2.30. The minimum atomic E-state index is 0.517. The molecule has 0 atom stereocenters. The molecule has 0 amide bonds. The Balaban J connectivity index is 2.47. The van der Waals surface area contributed by atoms with E-state index >= 15 is 0 Å². The zero-order chi connectivity index (χ0) is 11.0. The van der Waals surface area contributed by atoms with E-state index in [9.17, 15) is 0 Å². The molecule has 0 unspecified atom stereocenters. The lowest BCUT2D eigenvalue weighted by molar-refractivity contribution is 1.02. The fourth-order valence-electron chi connectivity index (χ4n) is 1.64. The van der Waals surface area contributed by atoms with Crippen molar-refractivity contribution >= 4 is 27.9 Å². The smallest absolute Gasteiger partial charge is 0.243 e. The molecular weight excluding hydrogens is 202 g/mol. The van der Waals surface area contributed by atoms with Crippen molar-refractivity contribution in [3.05, 3.63) is 30.5 Å². The highest BCUT2D eigenvalue weighted by molar-refractivity contribution is 6.01. The highest BCUT2D eigenvalue weighted by Crippen LogP contribution is 2.19. The molecule has 1 aromatic carbocycles. The van der Waals surface area contributed by atoms with Crippen LogP contribution in [-0.2, 0) is 0 Å². The highest BCUT2D eigenvalue weighted by atomic mass is 15.2. The summed E-state index contributed by atoms with van der Waals surface area (Å²) in [6.45, 7) is 0. The largest absolute Gasteiger partial charge is 0.356 e. The molecule has 0 bridgehead atoms. The number of fused-ring (bicyclic) bond motifs is 3. The van der Waals surface area contributed by atoms with Crippen molar-refractivity contribution in [2.45, 2.75) is 0 Å². The maximum absolute atomic E-state index is 4.40. The summed E-state index contributed by atoms with van der Waals surface area (Å²) < 4.78 is 0. The van der Waals surface area contributed by atoms with Crippen LogP contribution in [0.1, 0.15) is 0 Å². The summed E-state index contributed by atoms with van der Waals surface area (Å²) in [5, 5.41) is 11.9. The van der Waals surface area contributed by atoms with Crippen LogP contribution in [-0.4, -0.2) is 27.2 Å². The Kier molecular flexibility index (Phi) is 1.89. The van der Waals surface area contributed by atoms with E-state index in [1.807, 2.05) is 24.3 Å². The van der Waals surface area contributed by atoms with Gasteiger partial charge >= 0.3 is 0 Å². The van der Waals surface area contributed by atoms with Gasteiger partial charge in [0.2, 0.25) is 5.95 Å². The van der Waals surface area contributed by atoms with Crippen LogP contribution in [0.15, 0.2) is 30.5 Å². The molecule has 0 saturated carbocycles. The van der Waals surface area contributed by atoms with Gasteiger partial charge in [-0.15, -0.1) is 10.2 Å². The van der Waals surface area contributed by atoms with Crippen LogP contribution in [0.3, 0.4) is 0 Å². The highest BCUT2D eigenvalue weighted by Gasteiger charge is 2.05. The number of para-hydroxylation sites is 1. The predicted octanol–water partition coefficient (Wildman–Crippen LogP) is 1.61. The fourth-order valence-corrected chi connectivity index (χ4v) is 1.64. The number of anilines is 1. The number of nitrogens with one attached hydrogen (secondary N) is 1. The average Bonchev–Trinajstić information content (AvgIpc) is 2.38. The summed E-state index contributed by atoms with van der Waals surface area (Å²) in [5.41, 5.74) is 2.44. The zero-order valence-corrected chi connectivity index (χ0v) is 8.68. The topological polar surface area (TPSA) is 63.6 Å². The molecule has 0 saturated heterocycles. The van der Waals surface area contributed by atoms with Crippen molar-refractivity contribution in [2.75, 3.05) is 12.4 Å². The Labute approximate surface area is 91.6 Å². The van der Waals surface area contributed by atoms with Crippen LogP contribution in [0.25, 0.3) is 21.9 Å². The van der Waals surface area contributed by atoms with Crippen LogP contribution in [0.5, 0.6) is 0 Å². The number of aromatic nitrogens is 4. The third-order valence-electron chi connectivity index (χ3n) is 2.42. The van der Waals surface area contributed by atoms with E-state index in [4.69, 9.17) is 0 Å². The van der Waals surface area contributed by atoms with E-state index in [0.717, 1.165) is 16.4 Å². The van der Waals surface area contributed by atoms with Crippen LogP contribution < -0.4 is 5.32 Å². The monoisotopic (exact) mass is 211 g/mol. The van der Waals surface area contributed by atoms with E-state index in [2.05, 4.69) is 25.5 Å². The van der Waals surface area contributed by atoms with Gasteiger partial charge in [0.25, 0.3) is 0 Å². The Morgan fingerprint density at radius 3 is 2.81 bits per heavy atom. The first-order valence-electron chi connectivity index (χ1n) is 4.94. The maximum Gasteiger partial charge on any atom is 0.243 e. The lowest BCUT2D eigenvalue weighted by Gasteiger charge is -2.02. The lowest BCUT2D eigenvalue weighted by atomic mass is 10.2. The number of nitrogens with zero attached hydrogens (tertiary/aromatic N) is 4. The normalized spacial score (nSPS) is 10.8. The van der Waals surface area contributed by atoms with Gasteiger partial charge in [0.15, 0.2) is 0 Å². The van der Waals surface area contributed by atoms with Gasteiger partial charge in [0, 0.05) is 12.4 Å². The van der Waals surface area contributed by atoms with E-state index in [1.165, 1.54) is 0 Å². The molecule has 0 aliphatic heterocycles. The first kappa shape index (κ1) is 8.96. The van der Waals surface area contributed by atoms with Gasteiger partial charge in [-0.25, -0.2) is 4.98 Å². The van der Waals surface area contributed by atoms with E-state index < -0.39 is 0 Å². The number of pyridine rings is 1. The van der Waals surface area contributed by atoms with E-state index in [0.29, 0.717) is 11.5 Å². The Bertz CT molecular complexity index is 665. The van der Waals surface area contributed by atoms with Gasteiger partial charge in [-0.3, -0.25) is 4.98 Å². The molecule has 0 spiro atoms. The molecule has 2 aromatic heterocycles. The van der Waals surface area contributed by atoms with E-state index in [1.54, 1.807) is 13.2 Å². The average molecular weight is 211 g/mol. The Morgan fingerprint density at radius 1 is 1.06 bits per heavy atom. The lowest BCUT2D eigenvalue weighted by Crippen LogP contribution is -1.99. The number of hydrogen-bond acceptors (Lipinski definition) is 5. The van der Waals surface area contributed by atoms with Gasteiger partial charge < -0.3 is 5.32 Å². The number of rotatable bonds is 1. The van der Waals surface area contributed by atoms with Crippen LogP contribution >= 0.6 is 0 Å². The molecule has 2 heterocycles. The van der Waals surface area contributed by atoms with Crippen molar-refractivity contribution < 1.29 is 0 Å². The number of benzene rings is 1. The van der Waals surface area contributed by atoms with Gasteiger partial charge in [-0.1, -0.05) is 18.2 Å². The van der Waals surface area contributed by atoms with Crippen molar-refractivity contribution in [3.63, 3.8) is 0 Å². The third-order valence-corrected chi connectivity index (χ3v) is 2.42. The molecule has 3 aromatic rings.